The molecule has 0 bridgehead atoms. The predicted molar refractivity (Wildman–Crippen MR) is 73.9 cm³/mol. The van der Waals surface area contributed by atoms with Gasteiger partial charge in [0.1, 0.15) is 0 Å². The van der Waals surface area contributed by atoms with Gasteiger partial charge < -0.3 is 19.9 Å². The van der Waals surface area contributed by atoms with E-state index < -0.39 is 0 Å². The van der Waals surface area contributed by atoms with Gasteiger partial charge >= 0.3 is 0 Å². The summed E-state index contributed by atoms with van der Waals surface area (Å²) in [6.07, 6.45) is 2.41. The van der Waals surface area contributed by atoms with Crippen LogP contribution in [0.3, 0.4) is 0 Å². The minimum absolute atomic E-state index is 0.557. The van der Waals surface area contributed by atoms with E-state index in [1.807, 2.05) is 6.92 Å². The van der Waals surface area contributed by atoms with E-state index in [1.165, 1.54) is 0 Å². The minimum atomic E-state index is 0.557. The summed E-state index contributed by atoms with van der Waals surface area (Å²) in [7, 11) is 1.65. The van der Waals surface area contributed by atoms with Gasteiger partial charge in [-0.15, -0.1) is 0 Å². The van der Waals surface area contributed by atoms with Gasteiger partial charge in [0.2, 0.25) is 5.88 Å². The highest BCUT2D eigenvalue weighted by molar-refractivity contribution is 9.10. The SMILES string of the molecule is COCCOCCCOc1ncc(N)c(C)c1Br. The maximum absolute atomic E-state index is 5.73. The van der Waals surface area contributed by atoms with Crippen LogP contribution in [0.25, 0.3) is 0 Å². The average Bonchev–Trinajstić information content (AvgIpc) is 2.37. The van der Waals surface area contributed by atoms with Crippen molar-refractivity contribution in [2.45, 2.75) is 13.3 Å². The van der Waals surface area contributed by atoms with E-state index in [0.29, 0.717) is 38.0 Å². The summed E-state index contributed by atoms with van der Waals surface area (Å²) >= 11 is 3.42. The molecule has 6 heteroatoms. The Kier molecular flexibility index (Phi) is 7.00. The van der Waals surface area contributed by atoms with Crippen LogP contribution in [-0.2, 0) is 9.47 Å². The molecular weight excluding hydrogens is 300 g/mol. The Labute approximate surface area is 116 Å². The zero-order valence-electron chi connectivity index (χ0n) is 10.7. The molecule has 0 aromatic carbocycles. The highest BCUT2D eigenvalue weighted by atomic mass is 79.9. The fourth-order valence-corrected chi connectivity index (χ4v) is 1.69. The molecule has 0 spiro atoms. The number of nitrogens with zero attached hydrogens (tertiary/aromatic N) is 1. The van der Waals surface area contributed by atoms with Crippen LogP contribution in [0.5, 0.6) is 5.88 Å². The Hall–Kier alpha value is -0.850. The van der Waals surface area contributed by atoms with Crippen LogP contribution in [0.15, 0.2) is 10.7 Å². The Balaban J connectivity index is 2.25. The number of anilines is 1. The number of hydrogen-bond donors (Lipinski definition) is 1. The molecule has 1 heterocycles. The van der Waals surface area contributed by atoms with Crippen LogP contribution in [0.4, 0.5) is 5.69 Å². The monoisotopic (exact) mass is 318 g/mol. The van der Waals surface area contributed by atoms with Gasteiger partial charge in [0.05, 0.1) is 36.2 Å². The molecule has 0 saturated heterocycles. The summed E-state index contributed by atoms with van der Waals surface area (Å²) in [5.74, 6) is 0.568. The molecule has 2 N–H and O–H groups in total. The first kappa shape index (κ1) is 15.2. The Morgan fingerprint density at radius 1 is 1.28 bits per heavy atom. The second-order valence-corrected chi connectivity index (χ2v) is 4.56. The highest BCUT2D eigenvalue weighted by Crippen LogP contribution is 2.29. The van der Waals surface area contributed by atoms with Gasteiger partial charge in [-0.1, -0.05) is 0 Å². The third kappa shape index (κ3) is 4.80. The summed E-state index contributed by atoms with van der Waals surface area (Å²) in [5, 5.41) is 0. The van der Waals surface area contributed by atoms with Crippen LogP contribution in [-0.4, -0.2) is 38.5 Å². The summed E-state index contributed by atoms with van der Waals surface area (Å²) in [6.45, 7) is 4.35. The number of ether oxygens (including phenoxy) is 3. The Morgan fingerprint density at radius 3 is 2.78 bits per heavy atom. The second-order valence-electron chi connectivity index (χ2n) is 3.76. The van der Waals surface area contributed by atoms with Crippen LogP contribution >= 0.6 is 15.9 Å². The van der Waals surface area contributed by atoms with Crippen LogP contribution in [0.2, 0.25) is 0 Å². The molecule has 0 amide bonds. The lowest BCUT2D eigenvalue weighted by Crippen LogP contribution is -2.08. The molecule has 5 nitrogen and oxygen atoms in total. The molecule has 0 fully saturated rings. The Morgan fingerprint density at radius 2 is 2.06 bits per heavy atom. The number of aromatic nitrogens is 1. The number of halogens is 1. The third-order valence-corrected chi connectivity index (χ3v) is 3.31. The van der Waals surface area contributed by atoms with Gasteiger partial charge in [-0.3, -0.25) is 0 Å². The number of nitrogens with two attached hydrogens (primary N) is 1. The molecule has 0 atom stereocenters. The fraction of sp³-hybridized carbons (Fsp3) is 0.583. The molecule has 0 aliphatic carbocycles. The van der Waals surface area contributed by atoms with E-state index >= 15 is 0 Å². The predicted octanol–water partition coefficient (Wildman–Crippen LogP) is 2.17. The van der Waals surface area contributed by atoms with Crippen molar-refractivity contribution in [2.75, 3.05) is 39.3 Å². The molecular formula is C12H19BrN2O3. The zero-order chi connectivity index (χ0) is 13.4. The average molecular weight is 319 g/mol. The maximum Gasteiger partial charge on any atom is 0.228 e. The van der Waals surface area contributed by atoms with Gasteiger partial charge in [-0.25, -0.2) is 4.98 Å². The van der Waals surface area contributed by atoms with Crippen molar-refractivity contribution in [1.29, 1.82) is 0 Å². The first-order chi connectivity index (χ1) is 8.66. The quantitative estimate of drug-likeness (QED) is 0.744. The molecule has 0 saturated carbocycles. The Bertz CT molecular complexity index is 375. The molecule has 0 aliphatic heterocycles. The first-order valence-corrected chi connectivity index (χ1v) is 6.56. The number of nitrogen functional groups attached to an aromatic ring is 1. The van der Waals surface area contributed by atoms with Crippen molar-refractivity contribution < 1.29 is 14.2 Å². The number of hydrogen-bond acceptors (Lipinski definition) is 5. The van der Waals surface area contributed by atoms with E-state index in [1.54, 1.807) is 13.3 Å². The summed E-state index contributed by atoms with van der Waals surface area (Å²) in [4.78, 5) is 4.13. The third-order valence-electron chi connectivity index (χ3n) is 2.37. The van der Waals surface area contributed by atoms with E-state index in [4.69, 9.17) is 19.9 Å². The van der Waals surface area contributed by atoms with Crippen molar-refractivity contribution in [3.05, 3.63) is 16.2 Å². The summed E-state index contributed by atoms with van der Waals surface area (Å²) < 4.78 is 16.6. The summed E-state index contributed by atoms with van der Waals surface area (Å²) in [6, 6.07) is 0. The van der Waals surface area contributed by atoms with Crippen molar-refractivity contribution >= 4 is 21.6 Å². The highest BCUT2D eigenvalue weighted by Gasteiger charge is 2.08. The maximum atomic E-state index is 5.73. The van der Waals surface area contributed by atoms with E-state index in [-0.39, 0.29) is 0 Å². The van der Waals surface area contributed by atoms with Gasteiger partial charge in [0, 0.05) is 20.1 Å². The molecule has 0 unspecified atom stereocenters. The number of rotatable bonds is 8. The van der Waals surface area contributed by atoms with Crippen molar-refractivity contribution in [3.8, 4) is 5.88 Å². The molecule has 0 radical (unpaired) electrons. The molecule has 18 heavy (non-hydrogen) atoms. The smallest absolute Gasteiger partial charge is 0.228 e. The number of pyridine rings is 1. The zero-order valence-corrected chi connectivity index (χ0v) is 12.3. The lowest BCUT2D eigenvalue weighted by Gasteiger charge is -2.10. The standard InChI is InChI=1S/C12H19BrN2O3/c1-9-10(14)8-15-12(11(9)13)18-5-3-4-17-7-6-16-2/h8H,3-7,14H2,1-2H3. The van der Waals surface area contributed by atoms with Crippen molar-refractivity contribution in [2.24, 2.45) is 0 Å². The van der Waals surface area contributed by atoms with E-state index in [2.05, 4.69) is 20.9 Å². The van der Waals surface area contributed by atoms with Crippen molar-refractivity contribution in [1.82, 2.24) is 4.98 Å². The van der Waals surface area contributed by atoms with E-state index in [0.717, 1.165) is 16.5 Å². The molecule has 0 aliphatic rings. The fourth-order valence-electron chi connectivity index (χ4n) is 1.24. The van der Waals surface area contributed by atoms with Gasteiger partial charge in [0.25, 0.3) is 0 Å². The molecule has 102 valence electrons. The lowest BCUT2D eigenvalue weighted by molar-refractivity contribution is 0.0641. The van der Waals surface area contributed by atoms with Gasteiger partial charge in [-0.2, -0.15) is 0 Å². The van der Waals surface area contributed by atoms with Crippen LogP contribution in [0, 0.1) is 6.92 Å². The van der Waals surface area contributed by atoms with Gasteiger partial charge in [0.15, 0.2) is 0 Å². The van der Waals surface area contributed by atoms with Gasteiger partial charge in [-0.05, 0) is 28.4 Å². The largest absolute Gasteiger partial charge is 0.477 e. The first-order valence-electron chi connectivity index (χ1n) is 5.77. The molecule has 1 aromatic heterocycles. The second kappa shape index (κ2) is 8.29. The van der Waals surface area contributed by atoms with Crippen molar-refractivity contribution in [3.63, 3.8) is 0 Å². The van der Waals surface area contributed by atoms with Crippen LogP contribution < -0.4 is 10.5 Å². The molecule has 1 rings (SSSR count). The minimum Gasteiger partial charge on any atom is -0.477 e. The number of methoxy groups -OCH3 is 1. The van der Waals surface area contributed by atoms with E-state index in [9.17, 15) is 0 Å². The van der Waals surface area contributed by atoms with Crippen LogP contribution in [0.1, 0.15) is 12.0 Å². The summed E-state index contributed by atoms with van der Waals surface area (Å²) in [5.41, 5.74) is 7.32. The molecule has 1 aromatic rings. The normalized spacial score (nSPS) is 10.6. The lowest BCUT2D eigenvalue weighted by atomic mass is 10.2. The topological polar surface area (TPSA) is 66.6 Å².